The molecule has 6 aliphatic rings. The smallest absolute Gasteiger partial charge is 0.132 e. The Morgan fingerprint density at radius 1 is 0.490 bits per heavy atom. The Balaban J connectivity index is 0.000000195. The zero-order chi connectivity index (χ0) is 68.2. The molecule has 0 bridgehead atoms. The van der Waals surface area contributed by atoms with Crippen LogP contribution in [-0.4, -0.2) is 176 Å². The summed E-state index contributed by atoms with van der Waals surface area (Å²) in [6.45, 7) is 12.2. The minimum Gasteiger partial charge on any atom is -0.489 e. The van der Waals surface area contributed by atoms with E-state index in [0.29, 0.717) is 38.9 Å². The van der Waals surface area contributed by atoms with E-state index in [-0.39, 0.29) is 35.4 Å². The van der Waals surface area contributed by atoms with Gasteiger partial charge in [-0.3, -0.25) is 9.80 Å². The number of thioether (sulfide) groups is 2. The van der Waals surface area contributed by atoms with Crippen molar-refractivity contribution in [3.8, 4) is 11.5 Å². The number of aryl methyl sites for hydroxylation is 4. The van der Waals surface area contributed by atoms with Crippen molar-refractivity contribution in [2.24, 2.45) is 11.5 Å². The number of aliphatic hydroxyl groups is 6. The van der Waals surface area contributed by atoms with Gasteiger partial charge >= 0.3 is 0 Å². The molecule has 0 aromatic heterocycles. The molecule has 6 heterocycles. The minimum atomic E-state index is -1.30. The largest absolute Gasteiger partial charge is 0.489 e. The molecule has 520 valence electrons. The molecule has 0 unspecified atom stereocenters. The van der Waals surface area contributed by atoms with Crippen LogP contribution in [0.4, 0.5) is 17.6 Å². The maximum absolute atomic E-state index is 14.4. The van der Waals surface area contributed by atoms with Crippen molar-refractivity contribution in [2.45, 2.75) is 187 Å². The van der Waals surface area contributed by atoms with E-state index in [1.165, 1.54) is 46.8 Å². The topological polar surface area (TPSA) is 235 Å². The van der Waals surface area contributed by atoms with Gasteiger partial charge in [0, 0.05) is 61.5 Å². The van der Waals surface area contributed by atoms with Crippen LogP contribution in [0.25, 0.3) is 0 Å². The molecule has 6 aromatic rings. The highest BCUT2D eigenvalue weighted by molar-refractivity contribution is 7.99. The molecule has 10 N–H and O–H groups in total. The first-order valence-corrected chi connectivity index (χ1v) is 36.0. The Bertz CT molecular complexity index is 3390. The Hall–Kier alpha value is -5.22. The molecule has 18 atom stereocenters. The van der Waals surface area contributed by atoms with Crippen molar-refractivity contribution in [3.05, 3.63) is 199 Å². The van der Waals surface area contributed by atoms with Crippen LogP contribution < -0.4 is 20.9 Å². The first-order chi connectivity index (χ1) is 46.1. The number of hydrogen-bond donors (Lipinski definition) is 8. The Morgan fingerprint density at radius 2 is 0.896 bits per heavy atom. The summed E-state index contributed by atoms with van der Waals surface area (Å²) in [5.74, 6) is -0.362. The molecule has 0 spiro atoms. The number of hydrogen-bond acceptors (Lipinski definition) is 18. The van der Waals surface area contributed by atoms with Crippen molar-refractivity contribution >= 4 is 23.5 Å². The summed E-state index contributed by atoms with van der Waals surface area (Å²) in [7, 11) is 0. The lowest BCUT2D eigenvalue weighted by Gasteiger charge is -2.40. The molecule has 0 radical (unpaired) electrons. The normalized spacial score (nSPS) is 31.2. The van der Waals surface area contributed by atoms with Gasteiger partial charge in [-0.1, -0.05) is 74.5 Å². The number of benzene rings is 6. The van der Waals surface area contributed by atoms with Crippen molar-refractivity contribution in [2.75, 3.05) is 51.9 Å². The average Bonchev–Trinajstić information content (AvgIpc) is 1.00. The molecule has 16 nitrogen and oxygen atoms in total. The van der Waals surface area contributed by atoms with E-state index < -0.39 is 107 Å². The predicted octanol–water partition coefficient (Wildman–Crippen LogP) is 9.16. The standard InChI is InChI=1S/2C37H46F2N2O6S/c2*1-4-22-6-7-23(35-33(43)32(42)34(44)37(47-35)48-3)15-24(22)14-21-5-10-31(20(2)13-21)46-27-11-12-41(18-27)26-17-30(40)36(45-19-26)28-16-25(38)8-9-29(28)39/h2*5-10,13,15-16,26-27,30,32-37,42-44H,4,11-12,14,17-19,40H2,1-3H3/t26-,27+,30-,32+,33+,34-,35-,36+,37+;26-,27-,30+,32-,33-,34+,35+,36-,37-/m01/s1. The molecule has 6 fully saturated rings. The number of nitrogens with two attached hydrogens (primary N) is 2. The molecular weight excluding hydrogens is 1280 g/mol. The summed E-state index contributed by atoms with van der Waals surface area (Å²) < 4.78 is 93.3. The van der Waals surface area contributed by atoms with E-state index in [2.05, 4.69) is 47.9 Å². The predicted molar refractivity (Wildman–Crippen MR) is 362 cm³/mol. The molecular formula is C74H92F4N4O12S2. The highest BCUT2D eigenvalue weighted by Gasteiger charge is 2.46. The number of likely N-dealkylation sites (tertiary alicyclic amines) is 2. The second-order valence-corrected chi connectivity index (χ2v) is 28.4. The van der Waals surface area contributed by atoms with Gasteiger partial charge < -0.3 is 70.5 Å². The maximum Gasteiger partial charge on any atom is 0.132 e. The second kappa shape index (κ2) is 32.0. The van der Waals surface area contributed by atoms with Gasteiger partial charge in [0.05, 0.1) is 13.2 Å². The molecule has 0 aliphatic carbocycles. The SMILES string of the molecule is CCc1ccc([C@@H]2O[C@H](SC)[C@@H](O)[C@H](O)[C@H]2O)cc1Cc1ccc(O[C@@H]2CCN([C@@H]3CO[C@H](c4cc(F)ccc4F)[C@@H](N)C3)C2)c(C)c1.CCc1ccc([C@@H]2O[C@H](SC)[C@@H](O)[C@H](O)[C@H]2O)cc1Cc1ccc(O[C@@H]2CCN([C@H]3CO[C@H](c4cc(F)ccc4F)[C@@H](N)C3)C2)c(C)c1. The molecule has 12 rings (SSSR count). The van der Waals surface area contributed by atoms with Crippen LogP contribution in [0.3, 0.4) is 0 Å². The Kier molecular flexibility index (Phi) is 24.0. The molecule has 6 saturated heterocycles. The number of aliphatic hydroxyl groups excluding tert-OH is 6. The van der Waals surface area contributed by atoms with Crippen LogP contribution in [0.1, 0.15) is 131 Å². The number of halogens is 4. The maximum atomic E-state index is 14.4. The fourth-order valence-corrected chi connectivity index (χ4v) is 16.0. The lowest BCUT2D eigenvalue weighted by atomic mass is 9.90. The summed E-state index contributed by atoms with van der Waals surface area (Å²) >= 11 is 2.61. The quantitative estimate of drug-likeness (QED) is 0.0375. The van der Waals surface area contributed by atoms with Crippen LogP contribution in [-0.2, 0) is 44.6 Å². The highest BCUT2D eigenvalue weighted by Crippen LogP contribution is 2.41. The van der Waals surface area contributed by atoms with Crippen molar-refractivity contribution in [3.63, 3.8) is 0 Å². The highest BCUT2D eigenvalue weighted by atomic mass is 32.2. The molecule has 0 amide bonds. The van der Waals surface area contributed by atoms with Gasteiger partial charge in [-0.2, -0.15) is 0 Å². The molecule has 0 saturated carbocycles. The summed E-state index contributed by atoms with van der Waals surface area (Å²) in [6, 6.07) is 30.6. The zero-order valence-electron chi connectivity index (χ0n) is 55.2. The Labute approximate surface area is 568 Å². The van der Waals surface area contributed by atoms with E-state index in [0.717, 1.165) is 132 Å². The van der Waals surface area contributed by atoms with Crippen LogP contribution in [0.2, 0.25) is 0 Å². The first-order valence-electron chi connectivity index (χ1n) is 33.4. The number of ether oxygens (including phenoxy) is 6. The van der Waals surface area contributed by atoms with E-state index in [9.17, 15) is 48.2 Å². The average molecular weight is 1370 g/mol. The van der Waals surface area contributed by atoms with Crippen LogP contribution in [0, 0.1) is 37.1 Å². The molecule has 6 aliphatic heterocycles. The first kappa shape index (κ1) is 72.0. The molecule has 96 heavy (non-hydrogen) atoms. The number of rotatable bonds is 18. The van der Waals surface area contributed by atoms with Crippen molar-refractivity contribution in [1.82, 2.24) is 9.80 Å². The van der Waals surface area contributed by atoms with Crippen molar-refractivity contribution in [1.29, 1.82) is 0 Å². The van der Waals surface area contributed by atoms with Gasteiger partial charge in [0.2, 0.25) is 0 Å². The van der Waals surface area contributed by atoms with Crippen LogP contribution in [0.15, 0.2) is 109 Å². The minimum absolute atomic E-state index is 0.00781. The van der Waals surface area contributed by atoms with E-state index in [1.54, 1.807) is 12.5 Å². The zero-order valence-corrected chi connectivity index (χ0v) is 56.8. The van der Waals surface area contributed by atoms with Gasteiger partial charge in [-0.05, 0) is 182 Å². The third kappa shape index (κ3) is 16.3. The second-order valence-electron chi connectivity index (χ2n) is 26.6. The van der Waals surface area contributed by atoms with Gasteiger partial charge in [0.25, 0.3) is 0 Å². The van der Waals surface area contributed by atoms with Crippen molar-refractivity contribution < 1.29 is 76.6 Å². The lowest BCUT2D eigenvalue weighted by Crippen LogP contribution is -2.52. The monoisotopic (exact) mass is 1370 g/mol. The van der Waals surface area contributed by atoms with Crippen LogP contribution >= 0.6 is 23.5 Å². The van der Waals surface area contributed by atoms with E-state index >= 15 is 0 Å². The van der Waals surface area contributed by atoms with Gasteiger partial charge in [-0.25, -0.2) is 17.6 Å². The van der Waals surface area contributed by atoms with Gasteiger partial charge in [0.15, 0.2) is 0 Å². The molecule has 22 heteroatoms. The van der Waals surface area contributed by atoms with E-state index in [1.807, 2.05) is 62.4 Å². The summed E-state index contributed by atoms with van der Waals surface area (Å²) in [5.41, 5.74) is 22.4. The molecule has 6 aromatic carbocycles. The van der Waals surface area contributed by atoms with Gasteiger partial charge in [0.1, 0.15) is 119 Å². The third-order valence-electron chi connectivity index (χ3n) is 20.1. The Morgan fingerprint density at radius 3 is 1.26 bits per heavy atom. The summed E-state index contributed by atoms with van der Waals surface area (Å²) in [5, 5.41) is 63.0. The third-order valence-corrected chi connectivity index (χ3v) is 21.8. The number of nitrogens with zero attached hydrogens (tertiary/aromatic N) is 2. The fourth-order valence-electron chi connectivity index (χ4n) is 14.7. The fraction of sp³-hybridized carbons (Fsp3) is 0.514. The summed E-state index contributed by atoms with van der Waals surface area (Å²) in [4.78, 5) is 4.64. The van der Waals surface area contributed by atoms with Gasteiger partial charge in [-0.15, -0.1) is 23.5 Å². The summed E-state index contributed by atoms with van der Waals surface area (Å²) in [6.07, 6.45) is -0.613. The lowest BCUT2D eigenvalue weighted by molar-refractivity contribution is -0.200. The van der Waals surface area contributed by atoms with E-state index in [4.69, 9.17) is 39.9 Å². The van der Waals surface area contributed by atoms with Crippen LogP contribution in [0.5, 0.6) is 11.5 Å².